The first-order valence-electron chi connectivity index (χ1n) is 7.71. The van der Waals surface area contributed by atoms with Crippen LogP contribution in [-0.2, 0) is 0 Å². The molecule has 3 rings (SSSR count). The van der Waals surface area contributed by atoms with Crippen LogP contribution in [0.4, 0.5) is 17.6 Å². The monoisotopic (exact) mass is 299 g/mol. The molecule has 1 saturated heterocycles. The van der Waals surface area contributed by atoms with E-state index in [1.807, 2.05) is 18.3 Å². The first-order valence-corrected chi connectivity index (χ1v) is 7.71. The normalized spacial score (nSPS) is 15.0. The molecule has 1 N–H and O–H groups in total. The van der Waals surface area contributed by atoms with Gasteiger partial charge in [0, 0.05) is 38.9 Å². The number of hydrogen-bond donors (Lipinski definition) is 1. The van der Waals surface area contributed by atoms with Gasteiger partial charge in [0.05, 0.1) is 6.20 Å². The van der Waals surface area contributed by atoms with Crippen molar-refractivity contribution in [3.05, 3.63) is 30.6 Å². The second-order valence-electron chi connectivity index (χ2n) is 5.23. The zero-order chi connectivity index (χ0) is 15.2. The van der Waals surface area contributed by atoms with Crippen molar-refractivity contribution in [2.45, 2.75) is 13.3 Å². The standard InChI is InChI=1S/C15H21N7/c1-2-6-17-15-19-14(12-18-20-15)22-10-8-21(9-11-22)13-5-3-4-7-16-13/h3-5,7,12H,2,6,8-11H2,1H3,(H,17,19,20). The molecule has 1 fully saturated rings. The predicted octanol–water partition coefficient (Wildman–Crippen LogP) is 1.42. The van der Waals surface area contributed by atoms with Crippen molar-refractivity contribution in [2.24, 2.45) is 0 Å². The van der Waals surface area contributed by atoms with Crippen molar-refractivity contribution >= 4 is 17.6 Å². The Kier molecular flexibility index (Phi) is 4.62. The first kappa shape index (κ1) is 14.5. The Morgan fingerprint density at radius 1 is 1.09 bits per heavy atom. The highest BCUT2D eigenvalue weighted by Gasteiger charge is 2.19. The summed E-state index contributed by atoms with van der Waals surface area (Å²) in [7, 11) is 0. The third kappa shape index (κ3) is 3.41. The number of anilines is 3. The van der Waals surface area contributed by atoms with E-state index in [-0.39, 0.29) is 0 Å². The largest absolute Gasteiger partial charge is 0.353 e. The lowest BCUT2D eigenvalue weighted by molar-refractivity contribution is 0.639. The first-order chi connectivity index (χ1) is 10.9. The summed E-state index contributed by atoms with van der Waals surface area (Å²) in [6, 6.07) is 6.01. The van der Waals surface area contributed by atoms with Crippen LogP contribution in [0.15, 0.2) is 30.6 Å². The molecule has 0 saturated carbocycles. The molecule has 3 heterocycles. The van der Waals surface area contributed by atoms with Crippen LogP contribution in [0.2, 0.25) is 0 Å². The summed E-state index contributed by atoms with van der Waals surface area (Å²) in [5.41, 5.74) is 0. The van der Waals surface area contributed by atoms with E-state index in [1.165, 1.54) is 0 Å². The fourth-order valence-electron chi connectivity index (χ4n) is 2.46. The molecule has 1 aliphatic rings. The van der Waals surface area contributed by atoms with Gasteiger partial charge in [0.2, 0.25) is 5.95 Å². The smallest absolute Gasteiger partial charge is 0.244 e. The number of rotatable bonds is 5. The Morgan fingerprint density at radius 2 is 1.86 bits per heavy atom. The maximum atomic E-state index is 4.54. The molecule has 0 atom stereocenters. The van der Waals surface area contributed by atoms with Crippen LogP contribution in [-0.4, -0.2) is 52.9 Å². The van der Waals surface area contributed by atoms with E-state index in [1.54, 1.807) is 6.20 Å². The van der Waals surface area contributed by atoms with Gasteiger partial charge in [0.15, 0.2) is 5.82 Å². The van der Waals surface area contributed by atoms with Crippen LogP contribution < -0.4 is 15.1 Å². The highest BCUT2D eigenvalue weighted by atomic mass is 15.3. The van der Waals surface area contributed by atoms with Gasteiger partial charge >= 0.3 is 0 Å². The molecule has 2 aromatic rings. The zero-order valence-electron chi connectivity index (χ0n) is 12.8. The second-order valence-corrected chi connectivity index (χ2v) is 5.23. The van der Waals surface area contributed by atoms with Gasteiger partial charge in [0.25, 0.3) is 0 Å². The SMILES string of the molecule is CCCNc1nncc(N2CCN(c3ccccn3)CC2)n1. The minimum atomic E-state index is 0.603. The Labute approximate surface area is 130 Å². The molecule has 0 aromatic carbocycles. The Morgan fingerprint density at radius 3 is 2.55 bits per heavy atom. The number of pyridine rings is 1. The molecule has 0 amide bonds. The van der Waals surface area contributed by atoms with Crippen molar-refractivity contribution < 1.29 is 0 Å². The third-order valence-corrected chi connectivity index (χ3v) is 3.66. The summed E-state index contributed by atoms with van der Waals surface area (Å²) in [4.78, 5) is 13.5. The summed E-state index contributed by atoms with van der Waals surface area (Å²) in [6.07, 6.45) is 4.60. The van der Waals surface area contributed by atoms with Gasteiger partial charge in [-0.2, -0.15) is 10.1 Å². The summed E-state index contributed by atoms with van der Waals surface area (Å²) in [5.74, 6) is 2.52. The summed E-state index contributed by atoms with van der Waals surface area (Å²) in [5, 5.41) is 11.2. The van der Waals surface area contributed by atoms with Gasteiger partial charge in [-0.25, -0.2) is 4.98 Å². The fourth-order valence-corrected chi connectivity index (χ4v) is 2.46. The van der Waals surface area contributed by atoms with Crippen LogP contribution in [0, 0.1) is 0 Å². The molecule has 7 nitrogen and oxygen atoms in total. The molecule has 7 heteroatoms. The van der Waals surface area contributed by atoms with Gasteiger partial charge < -0.3 is 15.1 Å². The predicted molar refractivity (Wildman–Crippen MR) is 87.3 cm³/mol. The van der Waals surface area contributed by atoms with E-state index < -0.39 is 0 Å². The van der Waals surface area contributed by atoms with Crippen molar-refractivity contribution in [2.75, 3.05) is 47.8 Å². The Hall–Kier alpha value is -2.44. The van der Waals surface area contributed by atoms with Gasteiger partial charge in [0.1, 0.15) is 5.82 Å². The van der Waals surface area contributed by atoms with Crippen LogP contribution in [0.5, 0.6) is 0 Å². The average Bonchev–Trinajstić information content (AvgIpc) is 2.61. The third-order valence-electron chi connectivity index (χ3n) is 3.66. The van der Waals surface area contributed by atoms with Gasteiger partial charge in [-0.1, -0.05) is 13.0 Å². The maximum absolute atomic E-state index is 4.54. The molecule has 0 spiro atoms. The molecule has 0 bridgehead atoms. The minimum absolute atomic E-state index is 0.603. The van der Waals surface area contributed by atoms with Crippen molar-refractivity contribution in [3.8, 4) is 0 Å². The number of hydrogen-bond acceptors (Lipinski definition) is 7. The van der Waals surface area contributed by atoms with Crippen LogP contribution in [0.25, 0.3) is 0 Å². The van der Waals surface area contributed by atoms with Crippen LogP contribution in [0.3, 0.4) is 0 Å². The summed E-state index contributed by atoms with van der Waals surface area (Å²) in [6.45, 7) is 6.64. The fraction of sp³-hybridized carbons (Fsp3) is 0.467. The lowest BCUT2D eigenvalue weighted by atomic mass is 10.3. The number of nitrogens with one attached hydrogen (secondary N) is 1. The molecular formula is C15H21N7. The molecule has 0 aliphatic carbocycles. The van der Waals surface area contributed by atoms with Gasteiger partial charge in [-0.3, -0.25) is 0 Å². The average molecular weight is 299 g/mol. The Bertz CT molecular complexity index is 581. The second kappa shape index (κ2) is 7.02. The quantitative estimate of drug-likeness (QED) is 0.895. The lowest BCUT2D eigenvalue weighted by Gasteiger charge is -2.35. The summed E-state index contributed by atoms with van der Waals surface area (Å²) < 4.78 is 0. The van der Waals surface area contributed by atoms with Gasteiger partial charge in [-0.05, 0) is 18.6 Å². The summed E-state index contributed by atoms with van der Waals surface area (Å²) >= 11 is 0. The highest BCUT2D eigenvalue weighted by Crippen LogP contribution is 2.17. The number of aromatic nitrogens is 4. The van der Waals surface area contributed by atoms with Gasteiger partial charge in [-0.15, -0.1) is 5.10 Å². The maximum Gasteiger partial charge on any atom is 0.244 e. The van der Waals surface area contributed by atoms with E-state index in [0.29, 0.717) is 5.95 Å². The van der Waals surface area contributed by atoms with E-state index in [2.05, 4.69) is 48.3 Å². The van der Waals surface area contributed by atoms with E-state index in [0.717, 1.165) is 50.8 Å². The topological polar surface area (TPSA) is 70.1 Å². The van der Waals surface area contributed by atoms with E-state index in [9.17, 15) is 0 Å². The molecule has 1 aliphatic heterocycles. The molecule has 2 aromatic heterocycles. The van der Waals surface area contributed by atoms with Crippen molar-refractivity contribution in [1.29, 1.82) is 0 Å². The molecule has 116 valence electrons. The van der Waals surface area contributed by atoms with Crippen LogP contribution >= 0.6 is 0 Å². The minimum Gasteiger partial charge on any atom is -0.353 e. The Balaban J connectivity index is 1.61. The lowest BCUT2D eigenvalue weighted by Crippen LogP contribution is -2.47. The van der Waals surface area contributed by atoms with E-state index >= 15 is 0 Å². The molecule has 0 radical (unpaired) electrons. The number of piperazine rings is 1. The molecule has 22 heavy (non-hydrogen) atoms. The zero-order valence-corrected chi connectivity index (χ0v) is 12.8. The number of nitrogens with zero attached hydrogens (tertiary/aromatic N) is 6. The van der Waals surface area contributed by atoms with E-state index in [4.69, 9.17) is 0 Å². The molecule has 0 unspecified atom stereocenters. The van der Waals surface area contributed by atoms with Crippen LogP contribution in [0.1, 0.15) is 13.3 Å². The highest BCUT2D eigenvalue weighted by molar-refractivity contribution is 5.45. The van der Waals surface area contributed by atoms with Crippen molar-refractivity contribution in [1.82, 2.24) is 20.2 Å². The van der Waals surface area contributed by atoms with Crippen molar-refractivity contribution in [3.63, 3.8) is 0 Å². The molecular weight excluding hydrogens is 278 g/mol.